The number of aromatic nitrogens is 2. The molecule has 0 bridgehead atoms. The zero-order valence-electron chi connectivity index (χ0n) is 14.7. The number of carbonyl (C=O) groups excluding carboxylic acids is 1. The van der Waals surface area contributed by atoms with Gasteiger partial charge in [0.05, 0.1) is 30.5 Å². The zero-order valence-corrected chi connectivity index (χ0v) is 16.4. The number of methoxy groups -OCH3 is 2. The third-order valence-corrected chi connectivity index (χ3v) is 5.40. The van der Waals surface area contributed by atoms with Crippen LogP contribution in [-0.2, 0) is 6.42 Å². The fourth-order valence-corrected chi connectivity index (χ4v) is 3.94. The Bertz CT molecular complexity index is 905. The van der Waals surface area contributed by atoms with Crippen LogP contribution in [0.1, 0.15) is 21.2 Å². The lowest BCUT2D eigenvalue weighted by molar-refractivity contribution is 0.0950. The maximum absolute atomic E-state index is 12.3. The first-order chi connectivity index (χ1) is 12.6. The zero-order chi connectivity index (χ0) is 18.5. The Kier molecular flexibility index (Phi) is 5.85. The second-order valence-electron chi connectivity index (χ2n) is 5.44. The standard InChI is InChI=1S/C18H19N3O3S2/c1-11-20-12(9-25-11)7-8-19-17(22)14-10-26-18(21-14)13-5-4-6-15(23-2)16(13)24-3/h4-6,9-10H,7-8H2,1-3H3,(H,19,22). The Morgan fingerprint density at radius 2 is 2.00 bits per heavy atom. The molecule has 0 spiro atoms. The first kappa shape index (κ1) is 18.3. The minimum Gasteiger partial charge on any atom is -0.493 e. The van der Waals surface area contributed by atoms with Crippen molar-refractivity contribution < 1.29 is 14.3 Å². The van der Waals surface area contributed by atoms with Crippen molar-refractivity contribution >= 4 is 28.6 Å². The molecule has 2 aromatic heterocycles. The first-order valence-corrected chi connectivity index (χ1v) is 9.74. The van der Waals surface area contributed by atoms with Crippen LogP contribution in [0.2, 0.25) is 0 Å². The SMILES string of the molecule is COc1cccc(-c2nc(C(=O)NCCc3csc(C)n3)cs2)c1OC. The maximum atomic E-state index is 12.3. The molecule has 0 fully saturated rings. The van der Waals surface area contributed by atoms with Crippen molar-refractivity contribution in [3.8, 4) is 22.1 Å². The monoisotopic (exact) mass is 389 g/mol. The van der Waals surface area contributed by atoms with E-state index >= 15 is 0 Å². The highest BCUT2D eigenvalue weighted by Crippen LogP contribution is 2.38. The molecule has 1 amide bonds. The molecule has 136 valence electrons. The van der Waals surface area contributed by atoms with Crippen LogP contribution < -0.4 is 14.8 Å². The Morgan fingerprint density at radius 1 is 1.15 bits per heavy atom. The molecular formula is C18H19N3O3S2. The predicted molar refractivity (Wildman–Crippen MR) is 104 cm³/mol. The highest BCUT2D eigenvalue weighted by Gasteiger charge is 2.17. The summed E-state index contributed by atoms with van der Waals surface area (Å²) in [6.07, 6.45) is 0.705. The molecule has 6 nitrogen and oxygen atoms in total. The molecule has 1 N–H and O–H groups in total. The highest BCUT2D eigenvalue weighted by atomic mass is 32.1. The van der Waals surface area contributed by atoms with Crippen molar-refractivity contribution in [3.63, 3.8) is 0 Å². The summed E-state index contributed by atoms with van der Waals surface area (Å²) in [5.41, 5.74) is 2.19. The van der Waals surface area contributed by atoms with E-state index in [0.717, 1.165) is 16.3 Å². The van der Waals surface area contributed by atoms with Crippen molar-refractivity contribution in [1.82, 2.24) is 15.3 Å². The van der Waals surface area contributed by atoms with Crippen LogP contribution in [0, 0.1) is 6.92 Å². The van der Waals surface area contributed by atoms with Crippen molar-refractivity contribution in [2.24, 2.45) is 0 Å². The molecular weight excluding hydrogens is 370 g/mol. The summed E-state index contributed by atoms with van der Waals surface area (Å²) in [4.78, 5) is 21.2. The smallest absolute Gasteiger partial charge is 0.270 e. The van der Waals surface area contributed by atoms with Gasteiger partial charge in [-0.25, -0.2) is 9.97 Å². The first-order valence-electron chi connectivity index (χ1n) is 7.98. The number of aryl methyl sites for hydroxylation is 1. The lowest BCUT2D eigenvalue weighted by atomic mass is 10.2. The molecule has 0 radical (unpaired) electrons. The molecule has 0 aliphatic rings. The van der Waals surface area contributed by atoms with Crippen LogP contribution in [-0.4, -0.2) is 36.6 Å². The number of benzene rings is 1. The number of nitrogens with one attached hydrogen (secondary N) is 1. The van der Waals surface area contributed by atoms with E-state index in [1.165, 1.54) is 11.3 Å². The molecule has 0 aliphatic carbocycles. The van der Waals surface area contributed by atoms with Crippen molar-refractivity contribution in [2.45, 2.75) is 13.3 Å². The van der Waals surface area contributed by atoms with Gasteiger partial charge in [-0.2, -0.15) is 0 Å². The van der Waals surface area contributed by atoms with Gasteiger partial charge in [0.15, 0.2) is 11.5 Å². The van der Waals surface area contributed by atoms with Crippen molar-refractivity contribution in [3.05, 3.63) is 45.4 Å². The van der Waals surface area contributed by atoms with Gasteiger partial charge in [0.2, 0.25) is 0 Å². The number of hydrogen-bond acceptors (Lipinski definition) is 7. The molecule has 3 aromatic rings. The Hall–Kier alpha value is -2.45. The molecule has 0 unspecified atom stereocenters. The van der Waals surface area contributed by atoms with Gasteiger partial charge in [-0.15, -0.1) is 22.7 Å². The minimum atomic E-state index is -0.193. The summed E-state index contributed by atoms with van der Waals surface area (Å²) in [6.45, 7) is 2.49. The molecule has 0 saturated heterocycles. The summed E-state index contributed by atoms with van der Waals surface area (Å²) in [5, 5.41) is 8.38. The van der Waals surface area contributed by atoms with Gasteiger partial charge < -0.3 is 14.8 Å². The molecule has 1 aromatic carbocycles. The van der Waals surface area contributed by atoms with E-state index in [4.69, 9.17) is 9.47 Å². The molecule has 0 aliphatic heterocycles. The normalized spacial score (nSPS) is 10.6. The Labute approximate surface area is 159 Å². The summed E-state index contributed by atoms with van der Waals surface area (Å²) in [6, 6.07) is 5.59. The quantitative estimate of drug-likeness (QED) is 0.669. The van der Waals surface area contributed by atoms with Gasteiger partial charge in [0.25, 0.3) is 5.91 Å². The summed E-state index contributed by atoms with van der Waals surface area (Å²) >= 11 is 3.01. The second-order valence-corrected chi connectivity index (χ2v) is 7.36. The number of rotatable bonds is 7. The number of hydrogen-bond donors (Lipinski definition) is 1. The van der Waals surface area contributed by atoms with E-state index in [2.05, 4.69) is 15.3 Å². The highest BCUT2D eigenvalue weighted by molar-refractivity contribution is 7.13. The van der Waals surface area contributed by atoms with E-state index in [0.29, 0.717) is 35.2 Å². The van der Waals surface area contributed by atoms with Gasteiger partial charge >= 0.3 is 0 Å². The number of ether oxygens (including phenoxy) is 2. The third kappa shape index (κ3) is 4.03. The number of para-hydroxylation sites is 1. The summed E-state index contributed by atoms with van der Waals surface area (Å²) < 4.78 is 10.8. The van der Waals surface area contributed by atoms with E-state index in [-0.39, 0.29) is 5.91 Å². The minimum absolute atomic E-state index is 0.193. The fraction of sp³-hybridized carbons (Fsp3) is 0.278. The van der Waals surface area contributed by atoms with Crippen LogP contribution >= 0.6 is 22.7 Å². The average Bonchev–Trinajstić information content (AvgIpc) is 3.30. The van der Waals surface area contributed by atoms with Crippen molar-refractivity contribution in [1.29, 1.82) is 0 Å². The van der Waals surface area contributed by atoms with Crippen LogP contribution in [0.15, 0.2) is 29.0 Å². The third-order valence-electron chi connectivity index (χ3n) is 3.70. The number of carbonyl (C=O) groups is 1. The molecule has 2 heterocycles. The second kappa shape index (κ2) is 8.29. The molecule has 8 heteroatoms. The fourth-order valence-electron chi connectivity index (χ4n) is 2.47. The topological polar surface area (TPSA) is 73.3 Å². The lowest BCUT2D eigenvalue weighted by Gasteiger charge is -2.10. The Balaban J connectivity index is 1.68. The number of thiazole rings is 2. The lowest BCUT2D eigenvalue weighted by Crippen LogP contribution is -2.26. The molecule has 0 atom stereocenters. The van der Waals surface area contributed by atoms with Crippen LogP contribution in [0.25, 0.3) is 10.6 Å². The van der Waals surface area contributed by atoms with Gasteiger partial charge in [0.1, 0.15) is 10.7 Å². The van der Waals surface area contributed by atoms with Crippen LogP contribution in [0.4, 0.5) is 0 Å². The van der Waals surface area contributed by atoms with E-state index in [1.807, 2.05) is 30.5 Å². The predicted octanol–water partition coefficient (Wildman–Crippen LogP) is 3.56. The van der Waals surface area contributed by atoms with E-state index < -0.39 is 0 Å². The van der Waals surface area contributed by atoms with Crippen LogP contribution in [0.5, 0.6) is 11.5 Å². The van der Waals surface area contributed by atoms with Crippen molar-refractivity contribution in [2.75, 3.05) is 20.8 Å². The number of nitrogens with zero attached hydrogens (tertiary/aromatic N) is 2. The van der Waals surface area contributed by atoms with Crippen LogP contribution in [0.3, 0.4) is 0 Å². The average molecular weight is 390 g/mol. The summed E-state index contributed by atoms with van der Waals surface area (Å²) in [7, 11) is 3.18. The molecule has 3 rings (SSSR count). The van der Waals surface area contributed by atoms with E-state index in [1.54, 1.807) is 30.9 Å². The summed E-state index contributed by atoms with van der Waals surface area (Å²) in [5.74, 6) is 1.04. The molecule has 26 heavy (non-hydrogen) atoms. The van der Waals surface area contributed by atoms with Gasteiger partial charge in [-0.05, 0) is 19.1 Å². The van der Waals surface area contributed by atoms with E-state index in [9.17, 15) is 4.79 Å². The largest absolute Gasteiger partial charge is 0.493 e. The van der Waals surface area contributed by atoms with Gasteiger partial charge in [0, 0.05) is 23.7 Å². The molecule has 0 saturated carbocycles. The number of amides is 1. The Morgan fingerprint density at radius 3 is 2.69 bits per heavy atom. The maximum Gasteiger partial charge on any atom is 0.270 e. The van der Waals surface area contributed by atoms with Gasteiger partial charge in [-0.3, -0.25) is 4.79 Å². The van der Waals surface area contributed by atoms with Gasteiger partial charge in [-0.1, -0.05) is 6.07 Å².